The van der Waals surface area contributed by atoms with Gasteiger partial charge in [-0.05, 0) is 148 Å². The average Bonchev–Trinajstić information content (AvgIpc) is 2.82. The molecule has 0 saturated heterocycles. The highest BCUT2D eigenvalue weighted by atomic mass is 16.5. The molecule has 0 radical (unpaired) electrons. The lowest BCUT2D eigenvalue weighted by molar-refractivity contribution is -0.162. The van der Waals surface area contributed by atoms with Gasteiger partial charge in [-0.25, -0.2) is 0 Å². The van der Waals surface area contributed by atoms with Crippen LogP contribution in [0.15, 0.2) is 36.4 Å². The Kier molecular flexibility index (Phi) is 4.57. The van der Waals surface area contributed by atoms with E-state index in [1.54, 1.807) is 0 Å². The molecule has 2 aromatic carbocycles. The molecule has 8 aliphatic rings. The van der Waals surface area contributed by atoms with Gasteiger partial charge in [0.15, 0.2) is 0 Å². The van der Waals surface area contributed by atoms with E-state index in [4.69, 9.17) is 9.47 Å². The second kappa shape index (κ2) is 7.58. The number of hydrogen-bond donors (Lipinski definition) is 0. The summed E-state index contributed by atoms with van der Waals surface area (Å²) in [4.78, 5) is 26.7. The van der Waals surface area contributed by atoms with E-state index in [0.717, 1.165) is 84.8 Å². The van der Waals surface area contributed by atoms with Crippen molar-refractivity contribution in [2.24, 2.45) is 46.3 Å². The predicted molar refractivity (Wildman–Crippen MR) is 136 cm³/mol. The molecule has 8 bridgehead atoms. The van der Waals surface area contributed by atoms with Crippen molar-refractivity contribution in [3.63, 3.8) is 0 Å². The average molecular weight is 485 g/mol. The van der Waals surface area contributed by atoms with E-state index in [0.29, 0.717) is 11.5 Å². The maximum Gasteiger partial charge on any atom is 0.317 e. The van der Waals surface area contributed by atoms with Gasteiger partial charge in [0.25, 0.3) is 0 Å². The monoisotopic (exact) mass is 484 g/mol. The minimum absolute atomic E-state index is 0.0120. The second-order valence-electron chi connectivity index (χ2n) is 13.8. The highest BCUT2D eigenvalue weighted by Gasteiger charge is 2.56. The molecule has 8 saturated carbocycles. The summed E-state index contributed by atoms with van der Waals surface area (Å²) in [5, 5.41) is 2.00. The van der Waals surface area contributed by atoms with Gasteiger partial charge in [0.05, 0.1) is 10.8 Å². The summed E-state index contributed by atoms with van der Waals surface area (Å²) in [6.07, 6.45) is 14.0. The van der Waals surface area contributed by atoms with Crippen LogP contribution in [0.2, 0.25) is 0 Å². The molecule has 188 valence electrons. The quantitative estimate of drug-likeness (QED) is 0.344. The lowest BCUT2D eigenvalue weighted by Crippen LogP contribution is -2.51. The Morgan fingerprint density at radius 3 is 1.14 bits per heavy atom. The largest absolute Gasteiger partial charge is 0.426 e. The zero-order valence-corrected chi connectivity index (χ0v) is 21.0. The molecule has 36 heavy (non-hydrogen) atoms. The van der Waals surface area contributed by atoms with Crippen molar-refractivity contribution in [1.82, 2.24) is 0 Å². The molecular formula is C32H36O4. The van der Waals surface area contributed by atoms with Crippen molar-refractivity contribution in [1.29, 1.82) is 0 Å². The van der Waals surface area contributed by atoms with Gasteiger partial charge in [0.1, 0.15) is 11.5 Å². The Balaban J connectivity index is 0.984. The SMILES string of the molecule is O=C(Oc1ccc2cc(OC(=O)C34CC5CC(CC(C5)C3)C4)ccc2c1)C12CC3CC(CC(C3)C1)C2. The van der Waals surface area contributed by atoms with Crippen molar-refractivity contribution in [3.05, 3.63) is 36.4 Å². The van der Waals surface area contributed by atoms with Gasteiger partial charge < -0.3 is 9.47 Å². The number of hydrogen-bond acceptors (Lipinski definition) is 4. The van der Waals surface area contributed by atoms with Gasteiger partial charge in [-0.15, -0.1) is 0 Å². The van der Waals surface area contributed by atoms with Crippen LogP contribution < -0.4 is 9.47 Å². The van der Waals surface area contributed by atoms with Gasteiger partial charge >= 0.3 is 11.9 Å². The molecule has 4 heteroatoms. The lowest BCUT2D eigenvalue weighted by atomic mass is 9.49. The Morgan fingerprint density at radius 1 is 0.528 bits per heavy atom. The zero-order chi connectivity index (χ0) is 24.1. The topological polar surface area (TPSA) is 52.6 Å². The fourth-order valence-corrected chi connectivity index (χ4v) is 10.5. The van der Waals surface area contributed by atoms with Gasteiger partial charge in [-0.2, -0.15) is 0 Å². The third-order valence-corrected chi connectivity index (χ3v) is 11.1. The van der Waals surface area contributed by atoms with E-state index in [1.165, 1.54) is 38.5 Å². The molecule has 0 amide bonds. The molecule has 0 heterocycles. The van der Waals surface area contributed by atoms with E-state index < -0.39 is 0 Å². The molecule has 2 aromatic rings. The summed E-state index contributed by atoms with van der Waals surface area (Å²) < 4.78 is 12.0. The normalized spacial score (nSPS) is 41.6. The Labute approximate surface area is 213 Å². The number of carbonyl (C=O) groups is 2. The van der Waals surface area contributed by atoms with E-state index >= 15 is 0 Å². The minimum atomic E-state index is -0.251. The number of fused-ring (bicyclic) bond motifs is 1. The summed E-state index contributed by atoms with van der Waals surface area (Å²) in [6.45, 7) is 0. The van der Waals surface area contributed by atoms with Crippen molar-refractivity contribution < 1.29 is 19.1 Å². The minimum Gasteiger partial charge on any atom is -0.426 e. The van der Waals surface area contributed by atoms with Gasteiger partial charge in [-0.3, -0.25) is 9.59 Å². The smallest absolute Gasteiger partial charge is 0.317 e. The van der Waals surface area contributed by atoms with Crippen LogP contribution in [0.3, 0.4) is 0 Å². The van der Waals surface area contributed by atoms with E-state index in [9.17, 15) is 9.59 Å². The molecule has 8 fully saturated rings. The fraction of sp³-hybridized carbons (Fsp3) is 0.625. The number of rotatable bonds is 4. The maximum absolute atomic E-state index is 13.4. The van der Waals surface area contributed by atoms with Crippen LogP contribution in [-0.2, 0) is 9.59 Å². The first-order valence-corrected chi connectivity index (χ1v) is 14.4. The van der Waals surface area contributed by atoms with Crippen molar-refractivity contribution >= 4 is 22.7 Å². The van der Waals surface area contributed by atoms with Crippen molar-refractivity contribution in [3.8, 4) is 11.5 Å². The van der Waals surface area contributed by atoms with Gasteiger partial charge in [-0.1, -0.05) is 12.1 Å². The standard InChI is InChI=1S/C32H36O4/c33-29(31-13-19-5-20(14-31)7-21(6-19)15-31)35-27-3-1-25-11-28(4-2-26(25)12-27)36-30(34)32-16-22-8-23(17-32)10-24(9-22)18-32/h1-4,11-12,19-24H,5-10,13-18H2. The van der Waals surface area contributed by atoms with Crippen LogP contribution >= 0.6 is 0 Å². The molecular weight excluding hydrogens is 448 g/mol. The first-order valence-electron chi connectivity index (χ1n) is 14.4. The molecule has 0 spiro atoms. The molecule has 0 atom stereocenters. The number of ether oxygens (including phenoxy) is 2. The van der Waals surface area contributed by atoms with Crippen molar-refractivity contribution in [2.75, 3.05) is 0 Å². The molecule has 0 unspecified atom stereocenters. The molecule has 0 aromatic heterocycles. The zero-order valence-electron chi connectivity index (χ0n) is 21.0. The summed E-state index contributed by atoms with van der Waals surface area (Å²) in [6, 6.07) is 11.7. The van der Waals surface area contributed by atoms with Gasteiger partial charge in [0, 0.05) is 0 Å². The number of carbonyl (C=O) groups excluding carboxylic acids is 2. The first kappa shape index (κ1) is 21.7. The van der Waals surface area contributed by atoms with Crippen molar-refractivity contribution in [2.45, 2.75) is 77.0 Å². The van der Waals surface area contributed by atoms with E-state index in [2.05, 4.69) is 0 Å². The third kappa shape index (κ3) is 3.39. The van der Waals surface area contributed by atoms with Crippen LogP contribution in [0.5, 0.6) is 11.5 Å². The molecule has 8 aliphatic carbocycles. The summed E-state index contributed by atoms with van der Waals surface area (Å²) in [7, 11) is 0. The summed E-state index contributed by atoms with van der Waals surface area (Å²) in [5.41, 5.74) is -0.502. The predicted octanol–water partition coefficient (Wildman–Crippen LogP) is 7.08. The van der Waals surface area contributed by atoms with Crippen LogP contribution in [0.1, 0.15) is 77.0 Å². The Bertz CT molecular complexity index is 1090. The molecule has 0 N–H and O–H groups in total. The molecule has 4 nitrogen and oxygen atoms in total. The number of benzene rings is 2. The van der Waals surface area contributed by atoms with Crippen LogP contribution in [0, 0.1) is 46.3 Å². The molecule has 0 aliphatic heterocycles. The number of esters is 2. The van der Waals surface area contributed by atoms with Crippen LogP contribution in [0.25, 0.3) is 10.8 Å². The van der Waals surface area contributed by atoms with Crippen LogP contribution in [-0.4, -0.2) is 11.9 Å². The van der Waals surface area contributed by atoms with Crippen LogP contribution in [0.4, 0.5) is 0 Å². The summed E-state index contributed by atoms with van der Waals surface area (Å²) >= 11 is 0. The summed E-state index contributed by atoms with van der Waals surface area (Å²) in [5.74, 6) is 5.56. The molecule has 10 rings (SSSR count). The highest BCUT2D eigenvalue weighted by molar-refractivity contribution is 5.88. The highest BCUT2D eigenvalue weighted by Crippen LogP contribution is 2.61. The third-order valence-electron chi connectivity index (χ3n) is 11.1. The Hall–Kier alpha value is -2.36. The van der Waals surface area contributed by atoms with Gasteiger partial charge in [0.2, 0.25) is 0 Å². The first-order chi connectivity index (χ1) is 17.4. The Morgan fingerprint density at radius 2 is 0.833 bits per heavy atom. The second-order valence-corrected chi connectivity index (χ2v) is 13.8. The maximum atomic E-state index is 13.4. The lowest BCUT2D eigenvalue weighted by Gasteiger charge is -2.55. The van der Waals surface area contributed by atoms with E-state index in [1.807, 2.05) is 36.4 Å². The fourth-order valence-electron chi connectivity index (χ4n) is 10.5. The van der Waals surface area contributed by atoms with E-state index in [-0.39, 0.29) is 22.8 Å².